The molecular formula is C15H25N3O3. The van der Waals surface area contributed by atoms with Crippen LogP contribution in [0.3, 0.4) is 0 Å². The van der Waals surface area contributed by atoms with E-state index in [-0.39, 0.29) is 29.1 Å². The quantitative estimate of drug-likeness (QED) is 0.817. The van der Waals surface area contributed by atoms with Crippen molar-refractivity contribution in [3.63, 3.8) is 0 Å². The molecule has 0 atom stereocenters. The Morgan fingerprint density at radius 3 is 2.57 bits per heavy atom. The van der Waals surface area contributed by atoms with Crippen molar-refractivity contribution in [3.8, 4) is 0 Å². The van der Waals surface area contributed by atoms with E-state index in [1.54, 1.807) is 13.8 Å². The van der Waals surface area contributed by atoms with Gasteiger partial charge in [-0.1, -0.05) is 13.8 Å². The molecule has 1 aromatic rings. The molecule has 0 bridgehead atoms. The third-order valence-corrected chi connectivity index (χ3v) is 3.69. The number of amides is 1. The van der Waals surface area contributed by atoms with E-state index in [0.29, 0.717) is 24.2 Å². The van der Waals surface area contributed by atoms with E-state index in [1.165, 1.54) is 11.7 Å². The van der Waals surface area contributed by atoms with Crippen molar-refractivity contribution in [2.75, 3.05) is 13.2 Å². The summed E-state index contributed by atoms with van der Waals surface area (Å²) in [5.41, 5.74) is 0.928. The van der Waals surface area contributed by atoms with Crippen molar-refractivity contribution in [1.29, 1.82) is 0 Å². The second-order valence-electron chi connectivity index (χ2n) is 6.19. The molecule has 0 unspecified atom stereocenters. The number of nitrogens with one attached hydrogen (secondary N) is 1. The monoisotopic (exact) mass is 295 g/mol. The highest BCUT2D eigenvalue weighted by molar-refractivity contribution is 5.95. The van der Waals surface area contributed by atoms with Gasteiger partial charge in [-0.25, -0.2) is 4.68 Å². The number of rotatable bonds is 6. The summed E-state index contributed by atoms with van der Waals surface area (Å²) < 4.78 is 1.19. The van der Waals surface area contributed by atoms with Crippen LogP contribution in [0.15, 0.2) is 4.79 Å². The first kappa shape index (κ1) is 17.4. The van der Waals surface area contributed by atoms with Gasteiger partial charge in [-0.3, -0.25) is 9.59 Å². The standard InChI is InChI=1S/C15H25N3O3/c1-10-11(2)17-18(5)14(21)12(10)13(20)16-9-15(3,4)7-6-8-19/h19H,6-9H2,1-5H3,(H,16,20). The summed E-state index contributed by atoms with van der Waals surface area (Å²) in [7, 11) is 1.54. The van der Waals surface area contributed by atoms with Crippen LogP contribution in [0.25, 0.3) is 0 Å². The summed E-state index contributed by atoms with van der Waals surface area (Å²) in [6.07, 6.45) is 1.49. The number of hydrogen-bond acceptors (Lipinski definition) is 4. The van der Waals surface area contributed by atoms with E-state index in [2.05, 4.69) is 10.4 Å². The Bertz CT molecular complexity index is 576. The molecule has 21 heavy (non-hydrogen) atoms. The van der Waals surface area contributed by atoms with Crippen LogP contribution in [0.1, 0.15) is 48.3 Å². The largest absolute Gasteiger partial charge is 0.396 e. The molecule has 0 aromatic carbocycles. The minimum Gasteiger partial charge on any atom is -0.396 e. The number of carbonyl (C=O) groups is 1. The summed E-state index contributed by atoms with van der Waals surface area (Å²) in [6.45, 7) is 8.14. The molecule has 0 aliphatic carbocycles. The number of aryl methyl sites for hydroxylation is 2. The van der Waals surface area contributed by atoms with Crippen molar-refractivity contribution in [3.05, 3.63) is 27.2 Å². The molecule has 0 saturated carbocycles. The molecule has 1 amide bonds. The SMILES string of the molecule is Cc1nn(C)c(=O)c(C(=O)NCC(C)(C)CCCO)c1C. The fourth-order valence-corrected chi connectivity index (χ4v) is 2.17. The molecule has 6 nitrogen and oxygen atoms in total. The van der Waals surface area contributed by atoms with Crippen LogP contribution in [0, 0.1) is 19.3 Å². The van der Waals surface area contributed by atoms with Crippen LogP contribution in [0.2, 0.25) is 0 Å². The zero-order chi connectivity index (χ0) is 16.2. The van der Waals surface area contributed by atoms with Gasteiger partial charge >= 0.3 is 0 Å². The summed E-state index contributed by atoms with van der Waals surface area (Å²) in [4.78, 5) is 24.4. The molecule has 0 fully saturated rings. The molecule has 2 N–H and O–H groups in total. The number of aliphatic hydroxyl groups excluding tert-OH is 1. The number of aliphatic hydroxyl groups is 1. The Balaban J connectivity index is 2.89. The first-order valence-electron chi connectivity index (χ1n) is 7.13. The first-order chi connectivity index (χ1) is 9.69. The smallest absolute Gasteiger partial charge is 0.279 e. The molecule has 1 rings (SSSR count). The Hall–Kier alpha value is -1.69. The van der Waals surface area contributed by atoms with E-state index in [0.717, 1.165) is 6.42 Å². The van der Waals surface area contributed by atoms with Gasteiger partial charge < -0.3 is 10.4 Å². The van der Waals surface area contributed by atoms with Crippen LogP contribution < -0.4 is 10.9 Å². The maximum atomic E-state index is 12.3. The van der Waals surface area contributed by atoms with Crippen molar-refractivity contribution in [2.45, 2.75) is 40.5 Å². The maximum absolute atomic E-state index is 12.3. The number of nitrogens with zero attached hydrogens (tertiary/aromatic N) is 2. The van der Waals surface area contributed by atoms with Gasteiger partial charge in [0.15, 0.2) is 0 Å². The summed E-state index contributed by atoms with van der Waals surface area (Å²) in [5.74, 6) is -0.365. The van der Waals surface area contributed by atoms with Crippen molar-refractivity contribution in [1.82, 2.24) is 15.1 Å². The van der Waals surface area contributed by atoms with Crippen molar-refractivity contribution in [2.24, 2.45) is 12.5 Å². The van der Waals surface area contributed by atoms with E-state index in [4.69, 9.17) is 5.11 Å². The second kappa shape index (κ2) is 6.85. The molecule has 0 spiro atoms. The average molecular weight is 295 g/mol. The van der Waals surface area contributed by atoms with E-state index >= 15 is 0 Å². The lowest BCUT2D eigenvalue weighted by Crippen LogP contribution is -2.39. The molecule has 1 aromatic heterocycles. The summed E-state index contributed by atoms with van der Waals surface area (Å²) >= 11 is 0. The van der Waals surface area contributed by atoms with Gasteiger partial charge in [-0.05, 0) is 37.7 Å². The maximum Gasteiger partial charge on any atom is 0.279 e. The first-order valence-corrected chi connectivity index (χ1v) is 7.13. The fraction of sp³-hybridized carbons (Fsp3) is 0.667. The zero-order valence-electron chi connectivity index (χ0n) is 13.5. The van der Waals surface area contributed by atoms with Gasteiger partial charge in [0.2, 0.25) is 0 Å². The highest BCUT2D eigenvalue weighted by atomic mass is 16.3. The molecule has 6 heteroatoms. The molecule has 118 valence electrons. The number of hydrogen-bond donors (Lipinski definition) is 2. The van der Waals surface area contributed by atoms with Crippen LogP contribution >= 0.6 is 0 Å². The summed E-state index contributed by atoms with van der Waals surface area (Å²) in [5, 5.41) is 15.8. The number of aromatic nitrogens is 2. The summed E-state index contributed by atoms with van der Waals surface area (Å²) in [6, 6.07) is 0. The lowest BCUT2D eigenvalue weighted by molar-refractivity contribution is 0.0929. The normalized spacial score (nSPS) is 11.5. The van der Waals surface area contributed by atoms with Crippen LogP contribution in [0.5, 0.6) is 0 Å². The van der Waals surface area contributed by atoms with Gasteiger partial charge in [-0.2, -0.15) is 5.10 Å². The van der Waals surface area contributed by atoms with Crippen molar-refractivity contribution >= 4 is 5.91 Å². The molecule has 1 heterocycles. The van der Waals surface area contributed by atoms with Crippen LogP contribution in [0.4, 0.5) is 0 Å². The second-order valence-corrected chi connectivity index (χ2v) is 6.19. The minimum atomic E-state index is -0.385. The van der Waals surface area contributed by atoms with E-state index in [9.17, 15) is 9.59 Å². The molecular weight excluding hydrogens is 270 g/mol. The van der Waals surface area contributed by atoms with E-state index in [1.807, 2.05) is 13.8 Å². The van der Waals surface area contributed by atoms with Crippen LogP contribution in [-0.2, 0) is 7.05 Å². The molecule has 0 aliphatic rings. The molecule has 0 aliphatic heterocycles. The fourth-order valence-electron chi connectivity index (χ4n) is 2.17. The van der Waals surface area contributed by atoms with Gasteiger partial charge in [-0.15, -0.1) is 0 Å². The van der Waals surface area contributed by atoms with Gasteiger partial charge in [0, 0.05) is 20.2 Å². The minimum absolute atomic E-state index is 0.125. The third-order valence-electron chi connectivity index (χ3n) is 3.69. The predicted octanol–water partition coefficient (Wildman–Crippen LogP) is 0.926. The average Bonchev–Trinajstić information content (AvgIpc) is 2.41. The zero-order valence-corrected chi connectivity index (χ0v) is 13.5. The number of carbonyl (C=O) groups excluding carboxylic acids is 1. The predicted molar refractivity (Wildman–Crippen MR) is 81.4 cm³/mol. The van der Waals surface area contributed by atoms with Gasteiger partial charge in [0.05, 0.1) is 5.69 Å². The molecule has 0 saturated heterocycles. The van der Waals surface area contributed by atoms with E-state index < -0.39 is 0 Å². The van der Waals surface area contributed by atoms with Crippen molar-refractivity contribution < 1.29 is 9.90 Å². The Labute approximate surface area is 125 Å². The highest BCUT2D eigenvalue weighted by Crippen LogP contribution is 2.21. The lowest BCUT2D eigenvalue weighted by Gasteiger charge is -2.24. The Morgan fingerprint density at radius 1 is 1.38 bits per heavy atom. The topological polar surface area (TPSA) is 84.2 Å². The third kappa shape index (κ3) is 4.39. The van der Waals surface area contributed by atoms with Gasteiger partial charge in [0.25, 0.3) is 11.5 Å². The van der Waals surface area contributed by atoms with Gasteiger partial charge in [0.1, 0.15) is 5.56 Å². The highest BCUT2D eigenvalue weighted by Gasteiger charge is 2.22. The Kier molecular flexibility index (Phi) is 5.66. The van der Waals surface area contributed by atoms with Crippen LogP contribution in [-0.4, -0.2) is 33.9 Å². The lowest BCUT2D eigenvalue weighted by atomic mass is 9.88. The Morgan fingerprint density at radius 2 is 2.00 bits per heavy atom. The molecule has 0 radical (unpaired) electrons.